The van der Waals surface area contributed by atoms with E-state index in [9.17, 15) is 8.78 Å². The van der Waals surface area contributed by atoms with Crippen LogP contribution in [0.1, 0.15) is 5.56 Å². The van der Waals surface area contributed by atoms with E-state index in [1.807, 2.05) is 0 Å². The summed E-state index contributed by atoms with van der Waals surface area (Å²) in [5.41, 5.74) is 2.45. The largest absolute Gasteiger partial charge is 0.233 e. The minimum Gasteiger partial charge on any atom is -0.233 e. The molecular formula is C17H11F2N2. The molecule has 1 aromatic heterocycles. The minimum atomic E-state index is -0.390. The molecule has 0 N–H and O–H groups in total. The molecule has 0 amide bonds. The smallest absolute Gasteiger partial charge is 0.198 e. The molecule has 0 saturated heterocycles. The van der Waals surface area contributed by atoms with Crippen LogP contribution in [0.2, 0.25) is 0 Å². The normalized spacial score (nSPS) is 10.6. The van der Waals surface area contributed by atoms with Gasteiger partial charge in [0.2, 0.25) is 0 Å². The second-order valence-corrected chi connectivity index (χ2v) is 4.68. The van der Waals surface area contributed by atoms with Gasteiger partial charge in [0.25, 0.3) is 0 Å². The third-order valence-corrected chi connectivity index (χ3v) is 3.28. The van der Waals surface area contributed by atoms with E-state index in [-0.39, 0.29) is 5.82 Å². The maximum atomic E-state index is 14.0. The Kier molecular flexibility index (Phi) is 3.44. The number of hydrogen-bond acceptors (Lipinski definition) is 2. The van der Waals surface area contributed by atoms with Crippen LogP contribution in [0.15, 0.2) is 48.7 Å². The summed E-state index contributed by atoms with van der Waals surface area (Å²) < 4.78 is 27.7. The molecule has 3 rings (SSSR count). The zero-order valence-corrected chi connectivity index (χ0v) is 11.3. The first-order valence-electron chi connectivity index (χ1n) is 6.41. The van der Waals surface area contributed by atoms with Crippen molar-refractivity contribution < 1.29 is 8.78 Å². The first-order valence-corrected chi connectivity index (χ1v) is 6.41. The van der Waals surface area contributed by atoms with Crippen LogP contribution in [0.4, 0.5) is 8.78 Å². The topological polar surface area (TPSA) is 25.8 Å². The van der Waals surface area contributed by atoms with Gasteiger partial charge in [-0.15, -0.1) is 0 Å². The Morgan fingerprint density at radius 1 is 0.952 bits per heavy atom. The van der Waals surface area contributed by atoms with Crippen LogP contribution in [0.5, 0.6) is 0 Å². The predicted octanol–water partition coefficient (Wildman–Crippen LogP) is 4.20. The van der Waals surface area contributed by atoms with Gasteiger partial charge in [0.15, 0.2) is 6.33 Å². The van der Waals surface area contributed by atoms with E-state index < -0.39 is 5.82 Å². The molecule has 4 heteroatoms. The van der Waals surface area contributed by atoms with Crippen LogP contribution >= 0.6 is 0 Å². The van der Waals surface area contributed by atoms with Crippen LogP contribution in [0.25, 0.3) is 22.4 Å². The summed E-state index contributed by atoms with van der Waals surface area (Å²) in [5, 5.41) is 0. The maximum Gasteiger partial charge on any atom is 0.198 e. The van der Waals surface area contributed by atoms with Gasteiger partial charge in [0.05, 0.1) is 5.69 Å². The Labute approximate surface area is 121 Å². The van der Waals surface area contributed by atoms with Gasteiger partial charge < -0.3 is 0 Å². The molecule has 3 aromatic rings. The third kappa shape index (κ3) is 2.52. The highest BCUT2D eigenvalue weighted by Gasteiger charge is 2.13. The molecule has 0 spiro atoms. The van der Waals surface area contributed by atoms with E-state index in [1.165, 1.54) is 18.3 Å². The molecule has 0 fully saturated rings. The van der Waals surface area contributed by atoms with Gasteiger partial charge in [-0.2, -0.15) is 0 Å². The van der Waals surface area contributed by atoms with Crippen molar-refractivity contribution in [3.05, 3.63) is 72.2 Å². The zero-order valence-electron chi connectivity index (χ0n) is 11.3. The van der Waals surface area contributed by atoms with Gasteiger partial charge in [0.1, 0.15) is 11.6 Å². The van der Waals surface area contributed by atoms with Crippen molar-refractivity contribution in [2.24, 2.45) is 0 Å². The van der Waals surface area contributed by atoms with E-state index in [4.69, 9.17) is 0 Å². The summed E-state index contributed by atoms with van der Waals surface area (Å²) in [6, 6.07) is 11.2. The van der Waals surface area contributed by atoms with Crippen LogP contribution in [0.3, 0.4) is 0 Å². The second kappa shape index (κ2) is 5.40. The van der Waals surface area contributed by atoms with E-state index in [0.29, 0.717) is 27.9 Å². The molecule has 0 bridgehead atoms. The number of nitrogens with zero attached hydrogens (tertiary/aromatic N) is 2. The molecular weight excluding hydrogens is 270 g/mol. The van der Waals surface area contributed by atoms with Crippen molar-refractivity contribution in [2.45, 2.75) is 6.92 Å². The summed E-state index contributed by atoms with van der Waals surface area (Å²) >= 11 is 0. The lowest BCUT2D eigenvalue weighted by Crippen LogP contribution is -1.94. The third-order valence-electron chi connectivity index (χ3n) is 3.28. The Morgan fingerprint density at radius 3 is 2.52 bits per heavy atom. The number of hydrogen-bond donors (Lipinski definition) is 0. The molecule has 1 radical (unpaired) electrons. The molecule has 0 aliphatic heterocycles. The summed E-state index contributed by atoms with van der Waals surface area (Å²) in [4.78, 5) is 7.89. The van der Waals surface area contributed by atoms with Crippen molar-refractivity contribution >= 4 is 0 Å². The first kappa shape index (κ1) is 13.4. The molecule has 1 heterocycles. The van der Waals surface area contributed by atoms with Crippen molar-refractivity contribution in [3.63, 3.8) is 0 Å². The van der Waals surface area contributed by atoms with E-state index >= 15 is 0 Å². The number of aryl methyl sites for hydroxylation is 1. The number of aromatic nitrogens is 2. The fourth-order valence-corrected chi connectivity index (χ4v) is 2.12. The fraction of sp³-hybridized carbons (Fsp3) is 0.0588. The van der Waals surface area contributed by atoms with Gasteiger partial charge in [-0.25, -0.2) is 18.7 Å². The van der Waals surface area contributed by atoms with Gasteiger partial charge in [-0.1, -0.05) is 24.3 Å². The van der Waals surface area contributed by atoms with Crippen LogP contribution in [0, 0.1) is 24.9 Å². The quantitative estimate of drug-likeness (QED) is 0.703. The highest BCUT2D eigenvalue weighted by atomic mass is 19.1. The van der Waals surface area contributed by atoms with Crippen molar-refractivity contribution in [2.75, 3.05) is 0 Å². The van der Waals surface area contributed by atoms with Crippen LogP contribution < -0.4 is 0 Å². The molecule has 0 aliphatic carbocycles. The van der Waals surface area contributed by atoms with Gasteiger partial charge in [-0.3, -0.25) is 0 Å². The minimum absolute atomic E-state index is 0.320. The molecule has 21 heavy (non-hydrogen) atoms. The summed E-state index contributed by atoms with van der Waals surface area (Å²) in [6.07, 6.45) is 3.98. The number of benzene rings is 2. The van der Waals surface area contributed by atoms with Gasteiger partial charge in [-0.05, 0) is 36.2 Å². The Morgan fingerprint density at radius 2 is 1.76 bits per heavy atom. The number of rotatable bonds is 2. The molecule has 103 valence electrons. The summed E-state index contributed by atoms with van der Waals surface area (Å²) in [7, 11) is 0. The second-order valence-electron chi connectivity index (χ2n) is 4.68. The average molecular weight is 281 g/mol. The lowest BCUT2D eigenvalue weighted by molar-refractivity contribution is 0.619. The molecule has 2 nitrogen and oxygen atoms in total. The first-order chi connectivity index (χ1) is 10.2. The van der Waals surface area contributed by atoms with Gasteiger partial charge >= 0.3 is 0 Å². The van der Waals surface area contributed by atoms with Crippen LogP contribution in [-0.4, -0.2) is 9.97 Å². The maximum absolute atomic E-state index is 14.0. The molecule has 2 aromatic carbocycles. The highest BCUT2D eigenvalue weighted by molar-refractivity contribution is 5.80. The lowest BCUT2D eigenvalue weighted by Gasteiger charge is -2.09. The Balaban J connectivity index is 2.21. The fourth-order valence-electron chi connectivity index (χ4n) is 2.12. The molecule has 0 aliphatic rings. The van der Waals surface area contributed by atoms with Crippen molar-refractivity contribution in [1.29, 1.82) is 0 Å². The zero-order chi connectivity index (χ0) is 14.8. The Bertz CT molecular complexity index is 800. The predicted molar refractivity (Wildman–Crippen MR) is 76.4 cm³/mol. The van der Waals surface area contributed by atoms with Crippen molar-refractivity contribution in [3.8, 4) is 22.4 Å². The van der Waals surface area contributed by atoms with E-state index in [2.05, 4.69) is 16.3 Å². The summed E-state index contributed by atoms with van der Waals surface area (Å²) in [6.45, 7) is 1.69. The standard InChI is InChI=1S/C17H11F2N2/c1-11-6-7-12(8-16(11)19)14-9-20-10-21-17(14)13-4-2-3-5-15(13)18/h2-9H,1H3. The van der Waals surface area contributed by atoms with Gasteiger partial charge in [0, 0.05) is 17.3 Å². The Hall–Kier alpha value is -2.62. The monoisotopic (exact) mass is 281 g/mol. The SMILES string of the molecule is Cc1ccc(-c2cn[c]nc2-c2ccccc2F)cc1F. The van der Waals surface area contributed by atoms with Crippen LogP contribution in [-0.2, 0) is 0 Å². The molecule has 0 unspecified atom stereocenters. The highest BCUT2D eigenvalue weighted by Crippen LogP contribution is 2.31. The molecule has 0 atom stereocenters. The van der Waals surface area contributed by atoms with E-state index in [1.54, 1.807) is 37.3 Å². The lowest BCUT2D eigenvalue weighted by atomic mass is 9.99. The summed E-state index contributed by atoms with van der Waals surface area (Å²) in [5.74, 6) is -0.710. The molecule has 0 saturated carbocycles. The van der Waals surface area contributed by atoms with Crippen molar-refractivity contribution in [1.82, 2.24) is 9.97 Å². The number of halogens is 2. The van der Waals surface area contributed by atoms with E-state index in [0.717, 1.165) is 0 Å². The average Bonchev–Trinajstić information content (AvgIpc) is 2.51.